The van der Waals surface area contributed by atoms with Crippen LogP contribution in [0.25, 0.3) is 0 Å². The molecule has 0 heterocycles. The van der Waals surface area contributed by atoms with E-state index in [1.165, 1.54) is 12.1 Å². The molecule has 0 saturated heterocycles. The summed E-state index contributed by atoms with van der Waals surface area (Å²) in [4.78, 5) is 12.2. The lowest BCUT2D eigenvalue weighted by Crippen LogP contribution is -2.17. The molecule has 0 aliphatic rings. The van der Waals surface area contributed by atoms with E-state index in [4.69, 9.17) is 11.6 Å². The monoisotopic (exact) mass is 567 g/mol. The van der Waals surface area contributed by atoms with E-state index in [0.717, 1.165) is 12.1 Å². The lowest BCUT2D eigenvalue weighted by Gasteiger charge is -2.15. The molecule has 0 bridgehead atoms. The van der Waals surface area contributed by atoms with Crippen molar-refractivity contribution >= 4 is 68.4 Å². The molecule has 9 heteroatoms. The summed E-state index contributed by atoms with van der Waals surface area (Å²) in [6.45, 7) is 0. The summed E-state index contributed by atoms with van der Waals surface area (Å²) in [6.07, 6.45) is -4.67. The summed E-state index contributed by atoms with van der Waals surface area (Å²) < 4.78 is 40.2. The van der Waals surface area contributed by atoms with Gasteiger partial charge < -0.3 is 10.4 Å². The van der Waals surface area contributed by atoms with Gasteiger partial charge in [0.15, 0.2) is 0 Å². The number of amides is 1. The van der Waals surface area contributed by atoms with Gasteiger partial charge in [0.2, 0.25) is 0 Å². The van der Waals surface area contributed by atoms with Crippen LogP contribution in [-0.4, -0.2) is 11.0 Å². The molecule has 23 heavy (non-hydrogen) atoms. The van der Waals surface area contributed by atoms with Crippen LogP contribution >= 0.6 is 56.8 Å². The molecule has 0 unspecified atom stereocenters. The van der Waals surface area contributed by atoms with Crippen LogP contribution in [-0.2, 0) is 6.18 Å². The van der Waals surface area contributed by atoms with Crippen LogP contribution in [0.1, 0.15) is 15.9 Å². The number of carbonyl (C=O) groups excluding carboxylic acids is 1. The van der Waals surface area contributed by atoms with Crippen LogP contribution < -0.4 is 5.32 Å². The highest BCUT2D eigenvalue weighted by Crippen LogP contribution is 2.37. The van der Waals surface area contributed by atoms with Crippen LogP contribution in [0, 0.1) is 7.14 Å². The molecule has 0 spiro atoms. The van der Waals surface area contributed by atoms with Gasteiger partial charge >= 0.3 is 6.18 Å². The second-order valence-electron chi connectivity index (χ2n) is 4.43. The van der Waals surface area contributed by atoms with Gasteiger partial charge in [-0.25, -0.2) is 0 Å². The van der Waals surface area contributed by atoms with Crippen molar-refractivity contribution in [3.05, 3.63) is 53.6 Å². The summed E-state index contributed by atoms with van der Waals surface area (Å²) >= 11 is 9.36. The van der Waals surface area contributed by atoms with E-state index in [2.05, 4.69) is 5.32 Å². The van der Waals surface area contributed by atoms with Gasteiger partial charge in [-0.2, -0.15) is 13.2 Å². The molecule has 0 fully saturated rings. The van der Waals surface area contributed by atoms with E-state index in [1.807, 2.05) is 45.2 Å². The Kier molecular flexibility index (Phi) is 5.67. The number of carbonyl (C=O) groups is 1. The van der Waals surface area contributed by atoms with Gasteiger partial charge in [-0.05, 0) is 75.5 Å². The van der Waals surface area contributed by atoms with Crippen molar-refractivity contribution in [2.75, 3.05) is 5.32 Å². The summed E-state index contributed by atoms with van der Waals surface area (Å²) in [7, 11) is 0. The zero-order valence-corrected chi connectivity index (χ0v) is 16.1. The summed E-state index contributed by atoms with van der Waals surface area (Å²) in [5.41, 5.74) is -1.59. The van der Waals surface area contributed by atoms with Crippen molar-refractivity contribution in [3.63, 3.8) is 0 Å². The molecule has 1 amide bonds. The predicted octanol–water partition coefficient (Wildman–Crippen LogP) is 5.53. The fraction of sp³-hybridized carbons (Fsp3) is 0.0714. The predicted molar refractivity (Wildman–Crippen MR) is 97.9 cm³/mol. The van der Waals surface area contributed by atoms with E-state index >= 15 is 0 Å². The minimum absolute atomic E-state index is 0.0954. The number of rotatable bonds is 2. The Morgan fingerprint density at radius 2 is 1.83 bits per heavy atom. The number of hydrogen-bond donors (Lipinski definition) is 2. The lowest BCUT2D eigenvalue weighted by molar-refractivity contribution is -0.136. The topological polar surface area (TPSA) is 49.3 Å². The van der Waals surface area contributed by atoms with E-state index in [1.54, 1.807) is 6.07 Å². The van der Waals surface area contributed by atoms with Gasteiger partial charge in [0.25, 0.3) is 5.91 Å². The van der Waals surface area contributed by atoms with Gasteiger partial charge in [0.1, 0.15) is 5.75 Å². The smallest absolute Gasteiger partial charge is 0.418 e. The first kappa shape index (κ1) is 18.6. The second-order valence-corrected chi connectivity index (χ2v) is 7.27. The zero-order chi connectivity index (χ0) is 17.4. The number of anilines is 1. The molecule has 2 N–H and O–H groups in total. The Bertz CT molecular complexity index is 781. The van der Waals surface area contributed by atoms with Crippen LogP contribution in [0.15, 0.2) is 30.3 Å². The molecule has 0 aromatic heterocycles. The number of alkyl halides is 3. The Balaban J connectivity index is 2.43. The summed E-state index contributed by atoms with van der Waals surface area (Å²) in [5, 5.41) is 12.0. The molecule has 0 aliphatic carbocycles. The molecule has 0 atom stereocenters. The summed E-state index contributed by atoms with van der Waals surface area (Å²) in [6, 6.07) is 6.06. The highest BCUT2D eigenvalue weighted by atomic mass is 127. The first-order valence-corrected chi connectivity index (χ1v) is 8.49. The normalized spacial score (nSPS) is 11.4. The van der Waals surface area contributed by atoms with Crippen LogP contribution in [0.4, 0.5) is 18.9 Å². The Labute approximate surface area is 161 Å². The highest BCUT2D eigenvalue weighted by Gasteiger charge is 2.34. The fourth-order valence-electron chi connectivity index (χ4n) is 1.79. The number of hydrogen-bond acceptors (Lipinski definition) is 2. The van der Waals surface area contributed by atoms with Crippen molar-refractivity contribution in [3.8, 4) is 5.75 Å². The van der Waals surface area contributed by atoms with Crippen molar-refractivity contribution in [2.45, 2.75) is 6.18 Å². The standard InChI is InChI=1S/C14H7ClF3I2NO2/c15-6-1-2-11(9(3-6)14(16,17)18)21-13(23)8-4-7(19)5-10(20)12(8)22/h1-5,22H,(H,21,23). The van der Waals surface area contributed by atoms with Gasteiger partial charge in [-0.3, -0.25) is 4.79 Å². The fourth-order valence-corrected chi connectivity index (χ4v) is 3.81. The van der Waals surface area contributed by atoms with E-state index in [-0.39, 0.29) is 16.3 Å². The van der Waals surface area contributed by atoms with Gasteiger partial charge in [0.05, 0.1) is 20.4 Å². The van der Waals surface area contributed by atoms with E-state index in [0.29, 0.717) is 7.14 Å². The molecule has 3 nitrogen and oxygen atoms in total. The van der Waals surface area contributed by atoms with Gasteiger partial charge in [-0.1, -0.05) is 11.6 Å². The van der Waals surface area contributed by atoms with Crippen LogP contribution in [0.5, 0.6) is 5.75 Å². The average molecular weight is 567 g/mol. The molecular formula is C14H7ClF3I2NO2. The third kappa shape index (κ3) is 4.41. The number of phenolic OH excluding ortho intramolecular Hbond substituents is 1. The highest BCUT2D eigenvalue weighted by molar-refractivity contribution is 14.1. The Hall–Kier alpha value is -0.750. The third-order valence-electron chi connectivity index (χ3n) is 2.81. The first-order chi connectivity index (χ1) is 10.6. The van der Waals surface area contributed by atoms with Crippen molar-refractivity contribution in [1.82, 2.24) is 0 Å². The quantitative estimate of drug-likeness (QED) is 0.470. The number of benzene rings is 2. The zero-order valence-electron chi connectivity index (χ0n) is 11.0. The lowest BCUT2D eigenvalue weighted by atomic mass is 10.1. The Morgan fingerprint density at radius 3 is 2.43 bits per heavy atom. The van der Waals surface area contributed by atoms with Crippen molar-refractivity contribution < 1.29 is 23.1 Å². The first-order valence-electron chi connectivity index (χ1n) is 5.95. The maximum Gasteiger partial charge on any atom is 0.418 e. The van der Waals surface area contributed by atoms with Crippen molar-refractivity contribution in [1.29, 1.82) is 0 Å². The summed E-state index contributed by atoms with van der Waals surface area (Å²) in [5.74, 6) is -1.13. The maximum absolute atomic E-state index is 13.0. The molecule has 2 aromatic carbocycles. The van der Waals surface area contributed by atoms with Crippen molar-refractivity contribution in [2.24, 2.45) is 0 Å². The molecule has 2 aromatic rings. The minimum Gasteiger partial charge on any atom is -0.506 e. The molecule has 0 saturated carbocycles. The number of halogens is 6. The van der Waals surface area contributed by atoms with Gasteiger partial charge in [-0.15, -0.1) is 0 Å². The molecular weight excluding hydrogens is 560 g/mol. The average Bonchev–Trinajstić information content (AvgIpc) is 2.43. The number of phenols is 1. The second kappa shape index (κ2) is 7.01. The molecule has 0 radical (unpaired) electrons. The Morgan fingerprint density at radius 1 is 1.17 bits per heavy atom. The molecule has 122 valence electrons. The minimum atomic E-state index is -4.67. The third-order valence-corrected chi connectivity index (χ3v) is 4.49. The SMILES string of the molecule is O=C(Nc1ccc(Cl)cc1C(F)(F)F)c1cc(I)cc(I)c1O. The number of nitrogens with one attached hydrogen (secondary N) is 1. The largest absolute Gasteiger partial charge is 0.506 e. The molecule has 0 aliphatic heterocycles. The van der Waals surface area contributed by atoms with Crippen LogP contribution in [0.2, 0.25) is 5.02 Å². The number of aromatic hydroxyl groups is 1. The molecule has 2 rings (SSSR count). The maximum atomic E-state index is 13.0. The van der Waals surface area contributed by atoms with Crippen LogP contribution in [0.3, 0.4) is 0 Å². The van der Waals surface area contributed by atoms with E-state index < -0.39 is 23.3 Å². The van der Waals surface area contributed by atoms with Gasteiger partial charge in [0, 0.05) is 8.59 Å². The van der Waals surface area contributed by atoms with E-state index in [9.17, 15) is 23.1 Å².